The minimum Gasteiger partial charge on any atom is -0.480 e. The van der Waals surface area contributed by atoms with Crippen molar-refractivity contribution in [3.63, 3.8) is 0 Å². The summed E-state index contributed by atoms with van der Waals surface area (Å²) in [6.07, 6.45) is 2.01. The van der Waals surface area contributed by atoms with Crippen molar-refractivity contribution < 1.29 is 14.7 Å². The van der Waals surface area contributed by atoms with Crippen LogP contribution in [-0.2, 0) is 9.59 Å². The van der Waals surface area contributed by atoms with Gasteiger partial charge in [-0.15, -0.1) is 0 Å². The Labute approximate surface area is 122 Å². The van der Waals surface area contributed by atoms with Crippen molar-refractivity contribution in [2.45, 2.75) is 37.5 Å². The van der Waals surface area contributed by atoms with Crippen LogP contribution < -0.4 is 0 Å². The van der Waals surface area contributed by atoms with Crippen molar-refractivity contribution in [2.75, 3.05) is 23.8 Å². The van der Waals surface area contributed by atoms with Gasteiger partial charge in [0.15, 0.2) is 0 Å². The summed E-state index contributed by atoms with van der Waals surface area (Å²) in [4.78, 5) is 25.2. The van der Waals surface area contributed by atoms with E-state index in [1.807, 2.05) is 23.5 Å². The molecule has 0 aromatic rings. The predicted octanol–water partition coefficient (Wildman–Crippen LogP) is 1.94. The van der Waals surface area contributed by atoms with Crippen LogP contribution in [0.15, 0.2) is 0 Å². The van der Waals surface area contributed by atoms with Crippen LogP contribution in [0.5, 0.6) is 0 Å². The molecule has 1 amide bonds. The SMILES string of the molecule is CC1CCN(C(=O)CC2CSCCS2)C(C(=O)O)C1. The number of nitrogens with zero attached hydrogens (tertiary/aromatic N) is 1. The number of hydrogen-bond acceptors (Lipinski definition) is 4. The van der Waals surface area contributed by atoms with Gasteiger partial charge in [-0.2, -0.15) is 23.5 Å². The molecular weight excluding hydrogens is 282 g/mol. The van der Waals surface area contributed by atoms with E-state index < -0.39 is 12.0 Å². The van der Waals surface area contributed by atoms with E-state index in [1.54, 1.807) is 4.90 Å². The number of carbonyl (C=O) groups is 2. The zero-order valence-electron chi connectivity index (χ0n) is 11.2. The molecule has 19 heavy (non-hydrogen) atoms. The first-order valence-corrected chi connectivity index (χ1v) is 9.00. The number of carbonyl (C=O) groups excluding carboxylic acids is 1. The van der Waals surface area contributed by atoms with Gasteiger partial charge >= 0.3 is 5.97 Å². The third kappa shape index (κ3) is 4.05. The summed E-state index contributed by atoms with van der Waals surface area (Å²) in [5.74, 6) is 2.84. The van der Waals surface area contributed by atoms with Gasteiger partial charge in [0.25, 0.3) is 0 Å². The highest BCUT2D eigenvalue weighted by Gasteiger charge is 2.35. The maximum atomic E-state index is 12.3. The van der Waals surface area contributed by atoms with Crippen molar-refractivity contribution in [1.82, 2.24) is 4.90 Å². The van der Waals surface area contributed by atoms with Crippen LogP contribution in [0.25, 0.3) is 0 Å². The zero-order chi connectivity index (χ0) is 13.8. The highest BCUT2D eigenvalue weighted by molar-refractivity contribution is 8.06. The number of thioether (sulfide) groups is 2. The molecule has 0 spiro atoms. The number of carboxylic acid groups (broad SMARTS) is 1. The second-order valence-electron chi connectivity index (χ2n) is 5.34. The van der Waals surface area contributed by atoms with Gasteiger partial charge in [-0.1, -0.05) is 6.92 Å². The fraction of sp³-hybridized carbons (Fsp3) is 0.846. The molecule has 1 N–H and O–H groups in total. The molecule has 2 aliphatic heterocycles. The molecule has 6 heteroatoms. The molecule has 2 saturated heterocycles. The van der Waals surface area contributed by atoms with Crippen LogP contribution in [0.1, 0.15) is 26.2 Å². The summed E-state index contributed by atoms with van der Waals surface area (Å²) < 4.78 is 0. The van der Waals surface area contributed by atoms with Crippen molar-refractivity contribution in [2.24, 2.45) is 5.92 Å². The first kappa shape index (κ1) is 15.0. The molecule has 0 saturated carbocycles. The molecule has 3 unspecified atom stereocenters. The lowest BCUT2D eigenvalue weighted by Gasteiger charge is -2.37. The van der Waals surface area contributed by atoms with Crippen LogP contribution in [0.3, 0.4) is 0 Å². The Bertz CT molecular complexity index is 345. The molecule has 2 heterocycles. The molecule has 2 aliphatic rings. The van der Waals surface area contributed by atoms with Crippen molar-refractivity contribution in [3.05, 3.63) is 0 Å². The van der Waals surface area contributed by atoms with Gasteiger partial charge in [-0.3, -0.25) is 4.79 Å². The Morgan fingerprint density at radius 2 is 2.16 bits per heavy atom. The molecule has 0 aliphatic carbocycles. The van der Waals surface area contributed by atoms with Crippen LogP contribution >= 0.6 is 23.5 Å². The minimum absolute atomic E-state index is 0.0271. The summed E-state index contributed by atoms with van der Waals surface area (Å²) >= 11 is 3.74. The Morgan fingerprint density at radius 3 is 2.79 bits per heavy atom. The second kappa shape index (κ2) is 6.88. The summed E-state index contributed by atoms with van der Waals surface area (Å²) in [6.45, 7) is 2.66. The Morgan fingerprint density at radius 1 is 1.37 bits per heavy atom. The number of piperidine rings is 1. The van der Waals surface area contributed by atoms with Crippen molar-refractivity contribution in [1.29, 1.82) is 0 Å². The smallest absolute Gasteiger partial charge is 0.326 e. The molecule has 0 aromatic heterocycles. The van der Waals surface area contributed by atoms with Gasteiger partial charge in [0.2, 0.25) is 5.91 Å². The lowest BCUT2D eigenvalue weighted by molar-refractivity contribution is -0.153. The average Bonchev–Trinajstić information content (AvgIpc) is 2.39. The first-order chi connectivity index (χ1) is 9.08. The molecule has 0 bridgehead atoms. The zero-order valence-corrected chi connectivity index (χ0v) is 12.8. The van der Waals surface area contributed by atoms with Gasteiger partial charge in [0, 0.05) is 35.5 Å². The molecule has 4 nitrogen and oxygen atoms in total. The fourth-order valence-electron chi connectivity index (χ4n) is 2.64. The van der Waals surface area contributed by atoms with Crippen LogP contribution in [-0.4, -0.2) is 57.0 Å². The van der Waals surface area contributed by atoms with Crippen LogP contribution in [0.2, 0.25) is 0 Å². The van der Waals surface area contributed by atoms with Gasteiger partial charge in [0.1, 0.15) is 6.04 Å². The normalized spacial score (nSPS) is 32.1. The lowest BCUT2D eigenvalue weighted by atomic mass is 9.92. The number of aliphatic carboxylic acids is 1. The topological polar surface area (TPSA) is 57.6 Å². The fourth-order valence-corrected chi connectivity index (χ4v) is 5.31. The van der Waals surface area contributed by atoms with E-state index in [0.29, 0.717) is 30.6 Å². The summed E-state index contributed by atoms with van der Waals surface area (Å²) in [5.41, 5.74) is 0. The highest BCUT2D eigenvalue weighted by atomic mass is 32.2. The Hall–Kier alpha value is -0.360. The van der Waals surface area contributed by atoms with Gasteiger partial charge < -0.3 is 10.0 Å². The Kier molecular flexibility index (Phi) is 5.45. The molecule has 0 aromatic carbocycles. The van der Waals surface area contributed by atoms with E-state index in [2.05, 4.69) is 6.92 Å². The van der Waals surface area contributed by atoms with Gasteiger partial charge in [-0.25, -0.2) is 4.79 Å². The average molecular weight is 303 g/mol. The molecule has 3 atom stereocenters. The molecule has 0 radical (unpaired) electrons. The highest BCUT2D eigenvalue weighted by Crippen LogP contribution is 2.29. The van der Waals surface area contributed by atoms with Crippen molar-refractivity contribution >= 4 is 35.4 Å². The molecule has 2 rings (SSSR count). The minimum atomic E-state index is -0.856. The first-order valence-electron chi connectivity index (χ1n) is 6.79. The number of amides is 1. The summed E-state index contributed by atoms with van der Waals surface area (Å²) in [7, 11) is 0. The third-order valence-electron chi connectivity index (χ3n) is 3.76. The van der Waals surface area contributed by atoms with E-state index in [-0.39, 0.29) is 5.91 Å². The van der Waals surface area contributed by atoms with E-state index in [0.717, 1.165) is 23.7 Å². The molecule has 108 valence electrons. The standard InChI is InChI=1S/C13H21NO3S2/c1-9-2-3-14(11(6-9)13(16)17)12(15)7-10-8-18-4-5-19-10/h9-11H,2-8H2,1H3,(H,16,17). The Balaban J connectivity index is 1.93. The summed E-state index contributed by atoms with van der Waals surface area (Å²) in [6, 6.07) is -0.613. The van der Waals surface area contributed by atoms with E-state index in [9.17, 15) is 14.7 Å². The molecule has 2 fully saturated rings. The number of rotatable bonds is 3. The largest absolute Gasteiger partial charge is 0.480 e. The number of likely N-dealkylation sites (tertiary alicyclic amines) is 1. The lowest BCUT2D eigenvalue weighted by Crippen LogP contribution is -2.50. The quantitative estimate of drug-likeness (QED) is 0.863. The van der Waals surface area contributed by atoms with E-state index in [4.69, 9.17) is 0 Å². The number of hydrogen-bond donors (Lipinski definition) is 1. The monoisotopic (exact) mass is 303 g/mol. The maximum absolute atomic E-state index is 12.3. The second-order valence-corrected chi connectivity index (χ2v) is 7.90. The summed E-state index contributed by atoms with van der Waals surface area (Å²) in [5, 5.41) is 9.64. The van der Waals surface area contributed by atoms with Crippen LogP contribution in [0, 0.1) is 5.92 Å². The predicted molar refractivity (Wildman–Crippen MR) is 79.7 cm³/mol. The van der Waals surface area contributed by atoms with E-state index in [1.165, 1.54) is 0 Å². The number of carboxylic acids is 1. The third-order valence-corrected chi connectivity index (χ3v) is 6.60. The van der Waals surface area contributed by atoms with Gasteiger partial charge in [0.05, 0.1) is 0 Å². The maximum Gasteiger partial charge on any atom is 0.326 e. The van der Waals surface area contributed by atoms with Crippen molar-refractivity contribution in [3.8, 4) is 0 Å². The van der Waals surface area contributed by atoms with E-state index >= 15 is 0 Å². The van der Waals surface area contributed by atoms with Crippen LogP contribution in [0.4, 0.5) is 0 Å². The van der Waals surface area contributed by atoms with Gasteiger partial charge in [-0.05, 0) is 18.8 Å². The molecular formula is C13H21NO3S2.